The van der Waals surface area contributed by atoms with Gasteiger partial charge in [-0.2, -0.15) is 0 Å². The van der Waals surface area contributed by atoms with E-state index in [1.165, 1.54) is 17.3 Å². The van der Waals surface area contributed by atoms with Gasteiger partial charge in [-0.05, 0) is 52.7 Å². The van der Waals surface area contributed by atoms with Crippen LogP contribution in [0.4, 0.5) is 5.82 Å². The number of pyridine rings is 1. The summed E-state index contributed by atoms with van der Waals surface area (Å²) in [6.45, 7) is 2.03. The summed E-state index contributed by atoms with van der Waals surface area (Å²) in [6.07, 6.45) is 1.64. The zero-order valence-corrected chi connectivity index (χ0v) is 14.2. The van der Waals surface area contributed by atoms with Gasteiger partial charge in [-0.15, -0.1) is 0 Å². The second kappa shape index (κ2) is 6.50. The number of carbonyl (C=O) groups is 1. The molecule has 0 aliphatic heterocycles. The summed E-state index contributed by atoms with van der Waals surface area (Å²) in [7, 11) is 0. The molecular weight excluding hydrogens is 364 g/mol. The lowest BCUT2D eigenvalue weighted by Gasteiger charge is -2.03. The zero-order chi connectivity index (χ0) is 15.5. The number of imidazole rings is 1. The molecule has 0 unspecified atom stereocenters. The number of aromatic amines is 1. The average Bonchev–Trinajstić information content (AvgIpc) is 2.89. The molecule has 3 aromatic rings. The van der Waals surface area contributed by atoms with Gasteiger partial charge in [-0.25, -0.2) is 9.97 Å². The molecule has 0 aliphatic carbocycles. The van der Waals surface area contributed by atoms with Gasteiger partial charge in [0.15, 0.2) is 5.16 Å². The first-order valence-electron chi connectivity index (χ1n) is 6.61. The Labute approximate surface area is 140 Å². The molecule has 1 aromatic carbocycles. The van der Waals surface area contributed by atoms with Crippen LogP contribution in [0.1, 0.15) is 5.56 Å². The van der Waals surface area contributed by atoms with Crippen molar-refractivity contribution < 1.29 is 4.79 Å². The van der Waals surface area contributed by atoms with Crippen LogP contribution in [0.15, 0.2) is 46.2 Å². The summed E-state index contributed by atoms with van der Waals surface area (Å²) in [6, 6.07) is 9.60. The van der Waals surface area contributed by atoms with E-state index in [0.29, 0.717) is 5.82 Å². The fourth-order valence-electron chi connectivity index (χ4n) is 1.93. The highest BCUT2D eigenvalue weighted by molar-refractivity contribution is 9.10. The highest BCUT2D eigenvalue weighted by atomic mass is 79.9. The smallest absolute Gasteiger partial charge is 0.236 e. The van der Waals surface area contributed by atoms with Crippen LogP contribution in [-0.4, -0.2) is 26.6 Å². The predicted octanol–water partition coefficient (Wildman–Crippen LogP) is 3.76. The van der Waals surface area contributed by atoms with Gasteiger partial charge in [0.05, 0.1) is 16.8 Å². The number of aryl methyl sites for hydroxylation is 1. The summed E-state index contributed by atoms with van der Waals surface area (Å²) in [5, 5.41) is 3.48. The van der Waals surface area contributed by atoms with Crippen molar-refractivity contribution in [2.24, 2.45) is 0 Å². The van der Waals surface area contributed by atoms with E-state index in [9.17, 15) is 4.79 Å². The second-order valence-corrected chi connectivity index (χ2v) is 6.64. The first kappa shape index (κ1) is 15.1. The molecule has 0 radical (unpaired) electrons. The minimum Gasteiger partial charge on any atom is -0.333 e. The highest BCUT2D eigenvalue weighted by Gasteiger charge is 2.08. The first-order valence-corrected chi connectivity index (χ1v) is 8.38. The SMILES string of the molecule is Cc1ccc2nc(SCC(=O)Nc3ccc(Br)cn3)[nH]c2c1. The zero-order valence-electron chi connectivity index (χ0n) is 11.8. The number of carbonyl (C=O) groups excluding carboxylic acids is 1. The fourth-order valence-corrected chi connectivity index (χ4v) is 2.85. The van der Waals surface area contributed by atoms with Crippen molar-refractivity contribution in [3.05, 3.63) is 46.6 Å². The van der Waals surface area contributed by atoms with Crippen molar-refractivity contribution in [1.82, 2.24) is 15.0 Å². The molecular formula is C15H13BrN4OS. The Balaban J connectivity index is 1.61. The number of fused-ring (bicyclic) bond motifs is 1. The predicted molar refractivity (Wildman–Crippen MR) is 92.1 cm³/mol. The van der Waals surface area contributed by atoms with Gasteiger partial charge in [-0.1, -0.05) is 17.8 Å². The number of nitrogens with zero attached hydrogens (tertiary/aromatic N) is 2. The fraction of sp³-hybridized carbons (Fsp3) is 0.133. The number of anilines is 1. The second-order valence-electron chi connectivity index (χ2n) is 4.76. The van der Waals surface area contributed by atoms with Gasteiger partial charge in [-0.3, -0.25) is 4.79 Å². The number of thioether (sulfide) groups is 1. The quantitative estimate of drug-likeness (QED) is 0.680. The lowest BCUT2D eigenvalue weighted by molar-refractivity contribution is -0.113. The molecule has 0 atom stereocenters. The Morgan fingerprint density at radius 2 is 2.23 bits per heavy atom. The summed E-state index contributed by atoms with van der Waals surface area (Å²) < 4.78 is 0.873. The third-order valence-corrected chi connectivity index (χ3v) is 4.29. The molecule has 5 nitrogen and oxygen atoms in total. The molecule has 0 bridgehead atoms. The Morgan fingerprint density at radius 1 is 1.36 bits per heavy atom. The van der Waals surface area contributed by atoms with Crippen molar-refractivity contribution in [1.29, 1.82) is 0 Å². The van der Waals surface area contributed by atoms with Crippen molar-refractivity contribution in [3.8, 4) is 0 Å². The van der Waals surface area contributed by atoms with Gasteiger partial charge in [0.2, 0.25) is 5.91 Å². The Kier molecular flexibility index (Phi) is 4.44. The van der Waals surface area contributed by atoms with Crippen LogP contribution in [0.3, 0.4) is 0 Å². The summed E-state index contributed by atoms with van der Waals surface area (Å²) in [5.74, 6) is 0.696. The van der Waals surface area contributed by atoms with E-state index in [4.69, 9.17) is 0 Å². The summed E-state index contributed by atoms with van der Waals surface area (Å²) in [5.41, 5.74) is 3.06. The molecule has 2 N–H and O–H groups in total. The molecule has 0 aliphatic rings. The van der Waals surface area contributed by atoms with Crippen LogP contribution in [0, 0.1) is 6.92 Å². The van der Waals surface area contributed by atoms with E-state index in [1.807, 2.05) is 31.2 Å². The number of H-pyrrole nitrogens is 1. The van der Waals surface area contributed by atoms with E-state index >= 15 is 0 Å². The summed E-state index contributed by atoms with van der Waals surface area (Å²) >= 11 is 4.67. The monoisotopic (exact) mass is 376 g/mol. The lowest BCUT2D eigenvalue weighted by Crippen LogP contribution is -2.14. The Morgan fingerprint density at radius 3 is 3.00 bits per heavy atom. The standard InChI is InChI=1S/C15H13BrN4OS/c1-9-2-4-11-12(6-9)19-15(18-11)22-8-14(21)20-13-5-3-10(16)7-17-13/h2-7H,8H2,1H3,(H,18,19)(H,17,20,21). The van der Waals surface area contributed by atoms with Gasteiger partial charge >= 0.3 is 0 Å². The number of rotatable bonds is 4. The molecule has 112 valence electrons. The van der Waals surface area contributed by atoms with Crippen LogP contribution in [0.25, 0.3) is 11.0 Å². The van der Waals surface area contributed by atoms with Crippen molar-refractivity contribution in [2.75, 3.05) is 11.1 Å². The molecule has 7 heteroatoms. The van der Waals surface area contributed by atoms with E-state index < -0.39 is 0 Å². The molecule has 0 saturated heterocycles. The number of benzene rings is 1. The molecule has 0 saturated carbocycles. The van der Waals surface area contributed by atoms with E-state index in [2.05, 4.69) is 36.2 Å². The van der Waals surface area contributed by atoms with Crippen LogP contribution >= 0.6 is 27.7 Å². The highest BCUT2D eigenvalue weighted by Crippen LogP contribution is 2.20. The number of aromatic nitrogens is 3. The molecule has 0 spiro atoms. The first-order chi connectivity index (χ1) is 10.6. The van der Waals surface area contributed by atoms with Crippen molar-refractivity contribution >= 4 is 50.5 Å². The number of amides is 1. The number of hydrogen-bond acceptors (Lipinski definition) is 4. The maximum absolute atomic E-state index is 11.9. The van der Waals surface area contributed by atoms with Crippen LogP contribution in [0.5, 0.6) is 0 Å². The maximum atomic E-state index is 11.9. The molecule has 2 heterocycles. The van der Waals surface area contributed by atoms with Crippen molar-refractivity contribution in [3.63, 3.8) is 0 Å². The third-order valence-electron chi connectivity index (χ3n) is 2.95. The summed E-state index contributed by atoms with van der Waals surface area (Å²) in [4.78, 5) is 23.7. The number of nitrogens with one attached hydrogen (secondary N) is 2. The molecule has 0 fully saturated rings. The van der Waals surface area contributed by atoms with Crippen LogP contribution in [-0.2, 0) is 4.79 Å². The van der Waals surface area contributed by atoms with E-state index in [0.717, 1.165) is 20.7 Å². The third kappa shape index (κ3) is 3.66. The molecule has 2 aromatic heterocycles. The van der Waals surface area contributed by atoms with Gasteiger partial charge in [0.25, 0.3) is 0 Å². The number of hydrogen-bond donors (Lipinski definition) is 2. The largest absolute Gasteiger partial charge is 0.333 e. The normalized spacial score (nSPS) is 10.8. The van der Waals surface area contributed by atoms with Crippen LogP contribution in [0.2, 0.25) is 0 Å². The Hall–Kier alpha value is -1.86. The number of halogens is 1. The Bertz CT molecular complexity index is 816. The topological polar surface area (TPSA) is 70.7 Å². The van der Waals surface area contributed by atoms with E-state index in [-0.39, 0.29) is 11.7 Å². The molecule has 1 amide bonds. The van der Waals surface area contributed by atoms with Gasteiger partial charge in [0, 0.05) is 10.7 Å². The molecule has 22 heavy (non-hydrogen) atoms. The minimum atomic E-state index is -0.114. The van der Waals surface area contributed by atoms with Crippen molar-refractivity contribution in [2.45, 2.75) is 12.1 Å². The minimum absolute atomic E-state index is 0.114. The van der Waals surface area contributed by atoms with Crippen LogP contribution < -0.4 is 5.32 Å². The lowest BCUT2D eigenvalue weighted by atomic mass is 10.2. The van der Waals surface area contributed by atoms with E-state index in [1.54, 1.807) is 12.3 Å². The average molecular weight is 377 g/mol. The maximum Gasteiger partial charge on any atom is 0.236 e. The van der Waals surface area contributed by atoms with Gasteiger partial charge < -0.3 is 10.3 Å². The van der Waals surface area contributed by atoms with Gasteiger partial charge in [0.1, 0.15) is 5.82 Å². The molecule has 3 rings (SSSR count).